The van der Waals surface area contributed by atoms with Crippen molar-refractivity contribution in [1.29, 1.82) is 0 Å². The third-order valence-electron chi connectivity index (χ3n) is 5.81. The second-order valence-corrected chi connectivity index (χ2v) is 8.65. The number of methoxy groups -OCH3 is 1. The van der Waals surface area contributed by atoms with Gasteiger partial charge >= 0.3 is 5.97 Å². The molecule has 3 aromatic carbocycles. The Balaban J connectivity index is 1.36. The maximum absolute atomic E-state index is 13.4. The third-order valence-corrected chi connectivity index (χ3v) is 6.16. The highest BCUT2D eigenvalue weighted by Crippen LogP contribution is 2.37. The van der Waals surface area contributed by atoms with Crippen LogP contribution in [0, 0.1) is 11.6 Å². The first-order chi connectivity index (χ1) is 17.4. The lowest BCUT2D eigenvalue weighted by Gasteiger charge is -2.10. The number of hydrogen-bond donors (Lipinski definition) is 1. The zero-order valence-corrected chi connectivity index (χ0v) is 19.9. The van der Waals surface area contributed by atoms with Gasteiger partial charge in [-0.05, 0) is 53.1 Å². The van der Waals surface area contributed by atoms with Crippen LogP contribution in [0.15, 0.2) is 66.9 Å². The minimum atomic E-state index is -0.616. The molecule has 0 unspecified atom stereocenters. The highest BCUT2D eigenvalue weighted by Gasteiger charge is 2.20. The molecule has 6 nitrogen and oxygen atoms in total. The molecule has 184 valence electrons. The van der Waals surface area contributed by atoms with Gasteiger partial charge in [0.05, 0.1) is 7.11 Å². The van der Waals surface area contributed by atoms with Crippen LogP contribution >= 0.6 is 11.6 Å². The van der Waals surface area contributed by atoms with Gasteiger partial charge in [-0.3, -0.25) is 0 Å². The van der Waals surface area contributed by atoms with Crippen LogP contribution in [0.3, 0.4) is 0 Å². The van der Waals surface area contributed by atoms with Crippen LogP contribution in [0.2, 0.25) is 5.02 Å². The summed E-state index contributed by atoms with van der Waals surface area (Å²) in [4.78, 5) is 12.5. The Morgan fingerprint density at radius 2 is 1.69 bits per heavy atom. The van der Waals surface area contributed by atoms with Crippen LogP contribution in [-0.2, 0) is 17.8 Å². The van der Waals surface area contributed by atoms with Crippen LogP contribution < -0.4 is 14.8 Å². The number of rotatable bonds is 7. The lowest BCUT2D eigenvalue weighted by atomic mass is 10.1. The highest BCUT2D eigenvalue weighted by molar-refractivity contribution is 6.31. The largest absolute Gasteiger partial charge is 0.464 e. The van der Waals surface area contributed by atoms with Gasteiger partial charge in [0.25, 0.3) is 0 Å². The molecule has 4 aromatic rings. The second-order valence-electron chi connectivity index (χ2n) is 8.24. The van der Waals surface area contributed by atoms with Crippen LogP contribution in [0.4, 0.5) is 14.5 Å². The number of halogens is 3. The van der Waals surface area contributed by atoms with Crippen LogP contribution in [-0.4, -0.2) is 24.4 Å². The van der Waals surface area contributed by atoms with Gasteiger partial charge in [0.15, 0.2) is 11.5 Å². The molecule has 0 amide bonds. The van der Waals surface area contributed by atoms with Gasteiger partial charge in [-0.25, -0.2) is 13.6 Å². The van der Waals surface area contributed by atoms with Crippen molar-refractivity contribution in [3.8, 4) is 22.6 Å². The van der Waals surface area contributed by atoms with E-state index in [9.17, 15) is 13.6 Å². The van der Waals surface area contributed by atoms with E-state index in [2.05, 4.69) is 5.32 Å². The first kappa shape index (κ1) is 23.7. The van der Waals surface area contributed by atoms with Gasteiger partial charge < -0.3 is 24.1 Å². The molecule has 0 aliphatic carbocycles. The third kappa shape index (κ3) is 4.99. The summed E-state index contributed by atoms with van der Waals surface area (Å²) in [7, 11) is 1.33. The van der Waals surface area contributed by atoms with E-state index in [4.69, 9.17) is 25.8 Å². The Kier molecular flexibility index (Phi) is 6.52. The fraction of sp³-hybridized carbons (Fsp3) is 0.148. The number of nitrogens with one attached hydrogen (secondary N) is 1. The van der Waals surface area contributed by atoms with Crippen LogP contribution in [0.25, 0.3) is 11.1 Å². The van der Waals surface area contributed by atoms with E-state index in [1.807, 2.05) is 30.5 Å². The molecule has 0 fully saturated rings. The van der Waals surface area contributed by atoms with Gasteiger partial charge in [-0.2, -0.15) is 0 Å². The van der Waals surface area contributed by atoms with Gasteiger partial charge in [0, 0.05) is 47.7 Å². The van der Waals surface area contributed by atoms with E-state index in [-0.39, 0.29) is 13.3 Å². The lowest BCUT2D eigenvalue weighted by Crippen LogP contribution is -2.10. The second kappa shape index (κ2) is 9.91. The highest BCUT2D eigenvalue weighted by atomic mass is 35.5. The number of benzene rings is 3. The number of fused-ring (bicyclic) bond motifs is 1. The van der Waals surface area contributed by atoms with E-state index >= 15 is 0 Å². The Morgan fingerprint density at radius 3 is 2.39 bits per heavy atom. The van der Waals surface area contributed by atoms with Gasteiger partial charge in [-0.15, -0.1) is 0 Å². The summed E-state index contributed by atoms with van der Waals surface area (Å²) >= 11 is 6.44. The number of carbonyl (C=O) groups is 1. The van der Waals surface area contributed by atoms with Crippen LogP contribution in [0.1, 0.15) is 21.6 Å². The van der Waals surface area contributed by atoms with E-state index < -0.39 is 17.6 Å². The maximum atomic E-state index is 13.4. The number of anilines is 1. The monoisotopic (exact) mass is 510 g/mol. The predicted octanol–water partition coefficient (Wildman–Crippen LogP) is 6.26. The Bertz CT molecular complexity index is 1420. The van der Waals surface area contributed by atoms with Crippen molar-refractivity contribution < 1.29 is 27.8 Å². The standard InChI is InChI=1S/C27H21ClF2N2O4/c1-34-27(33)24-8-18(13-32(24)14-19-9-25-26(11-23(19)28)36-15-35-25)17-2-4-22(5-3-17)31-12-16-6-20(29)10-21(30)7-16/h2-11,13,31H,12,14-15H2,1H3. The zero-order chi connectivity index (χ0) is 25.2. The molecule has 0 radical (unpaired) electrons. The first-order valence-corrected chi connectivity index (χ1v) is 11.4. The molecule has 5 rings (SSSR count). The molecule has 1 aromatic heterocycles. The average molecular weight is 511 g/mol. The molecule has 0 bridgehead atoms. The van der Waals surface area contributed by atoms with Gasteiger partial charge in [-0.1, -0.05) is 23.7 Å². The number of esters is 1. The van der Waals surface area contributed by atoms with E-state index in [0.29, 0.717) is 34.3 Å². The Hall–Kier alpha value is -4.04. The first-order valence-electron chi connectivity index (χ1n) is 11.1. The number of ether oxygens (including phenoxy) is 3. The molecule has 0 saturated carbocycles. The molecule has 0 atom stereocenters. The predicted molar refractivity (Wildman–Crippen MR) is 132 cm³/mol. The topological polar surface area (TPSA) is 61.7 Å². The number of nitrogens with zero attached hydrogens (tertiary/aromatic N) is 1. The summed E-state index contributed by atoms with van der Waals surface area (Å²) in [5, 5.41) is 3.65. The summed E-state index contributed by atoms with van der Waals surface area (Å²) in [5.41, 5.74) is 4.10. The van der Waals surface area contributed by atoms with E-state index in [0.717, 1.165) is 28.4 Å². The molecule has 1 aliphatic heterocycles. The number of hydrogen-bond acceptors (Lipinski definition) is 5. The minimum Gasteiger partial charge on any atom is -0.464 e. The zero-order valence-electron chi connectivity index (χ0n) is 19.2. The Morgan fingerprint density at radius 1 is 1.00 bits per heavy atom. The van der Waals surface area contributed by atoms with Crippen molar-refractivity contribution in [2.24, 2.45) is 0 Å². The summed E-state index contributed by atoms with van der Waals surface area (Å²) in [6.07, 6.45) is 1.85. The molecule has 1 N–H and O–H groups in total. The number of aromatic nitrogens is 1. The normalized spacial score (nSPS) is 12.0. The van der Waals surface area contributed by atoms with Crippen LogP contribution in [0.5, 0.6) is 11.5 Å². The molecule has 0 spiro atoms. The molecule has 9 heteroatoms. The minimum absolute atomic E-state index is 0.139. The molecule has 1 aliphatic rings. The van der Waals surface area contributed by atoms with Gasteiger partial charge in [0.1, 0.15) is 17.3 Å². The quantitative estimate of drug-likeness (QED) is 0.297. The van der Waals surface area contributed by atoms with Crippen molar-refractivity contribution in [3.63, 3.8) is 0 Å². The maximum Gasteiger partial charge on any atom is 0.354 e. The van der Waals surface area contributed by atoms with Crippen molar-refractivity contribution in [3.05, 3.63) is 100 Å². The summed E-state index contributed by atoms with van der Waals surface area (Å²) in [5.74, 6) is -0.518. The van der Waals surface area contributed by atoms with Crippen molar-refractivity contribution >= 4 is 23.3 Å². The fourth-order valence-electron chi connectivity index (χ4n) is 4.04. The smallest absolute Gasteiger partial charge is 0.354 e. The number of carbonyl (C=O) groups excluding carboxylic acids is 1. The van der Waals surface area contributed by atoms with Crippen molar-refractivity contribution in [1.82, 2.24) is 4.57 Å². The van der Waals surface area contributed by atoms with E-state index in [1.54, 1.807) is 22.8 Å². The summed E-state index contributed by atoms with van der Waals surface area (Å²) < 4.78 is 44.4. The fourth-order valence-corrected chi connectivity index (χ4v) is 4.25. The van der Waals surface area contributed by atoms with Crippen molar-refractivity contribution in [2.75, 3.05) is 19.2 Å². The molecular formula is C27H21ClF2N2O4. The Labute approximate surface area is 211 Å². The molecule has 2 heterocycles. The SMILES string of the molecule is COC(=O)c1cc(-c2ccc(NCc3cc(F)cc(F)c3)cc2)cn1Cc1cc2c(cc1Cl)OCO2. The molecule has 0 saturated heterocycles. The molecule has 36 heavy (non-hydrogen) atoms. The molecular weight excluding hydrogens is 490 g/mol. The average Bonchev–Trinajstić information content (AvgIpc) is 3.49. The van der Waals surface area contributed by atoms with Crippen molar-refractivity contribution in [2.45, 2.75) is 13.1 Å². The van der Waals surface area contributed by atoms with Gasteiger partial charge in [0.2, 0.25) is 6.79 Å². The van der Waals surface area contributed by atoms with E-state index in [1.165, 1.54) is 19.2 Å². The lowest BCUT2D eigenvalue weighted by molar-refractivity contribution is 0.0589. The summed E-state index contributed by atoms with van der Waals surface area (Å²) in [6, 6.07) is 16.2. The summed E-state index contributed by atoms with van der Waals surface area (Å²) in [6.45, 7) is 0.733.